The van der Waals surface area contributed by atoms with Crippen LogP contribution < -0.4 is 0 Å². The normalized spacial score (nSPS) is 12.6. The number of aliphatic hydroxyl groups is 1. The molecule has 0 saturated carbocycles. The fraction of sp³-hybridized carbons (Fsp3) is 0.333. The molecule has 0 bridgehead atoms. The van der Waals surface area contributed by atoms with Crippen molar-refractivity contribution in [3.05, 3.63) is 53.1 Å². The quantitative estimate of drug-likeness (QED) is 0.721. The van der Waals surface area contributed by atoms with Gasteiger partial charge in [0.2, 0.25) is 0 Å². The molecule has 1 atom stereocenters. The molecule has 102 valence electrons. The molecule has 1 nitrogen and oxygen atoms in total. The zero-order valence-electron chi connectivity index (χ0n) is 10.7. The Kier molecular flexibility index (Phi) is 5.81. The standard InChI is InChI=1S/C15H16Cl2OTe/c1-2-3-9-11-12(13(16)15(17)19-11)14(18)10-7-5-4-6-8-10/h4-8,14,18H,2-3,9H2,1H3. The van der Waals surface area contributed by atoms with Gasteiger partial charge in [-0.05, 0) is 0 Å². The molecule has 0 saturated heterocycles. The van der Waals surface area contributed by atoms with Gasteiger partial charge in [0, 0.05) is 0 Å². The van der Waals surface area contributed by atoms with Crippen LogP contribution in [0.15, 0.2) is 30.3 Å². The molecule has 4 heteroatoms. The van der Waals surface area contributed by atoms with Crippen LogP contribution in [0.4, 0.5) is 0 Å². The number of halogens is 2. The van der Waals surface area contributed by atoms with Crippen molar-refractivity contribution >= 4 is 43.6 Å². The van der Waals surface area contributed by atoms with Crippen LogP contribution in [0.25, 0.3) is 0 Å². The van der Waals surface area contributed by atoms with Gasteiger partial charge in [-0.1, -0.05) is 0 Å². The number of hydrogen-bond acceptors (Lipinski definition) is 1. The van der Waals surface area contributed by atoms with Crippen LogP contribution in [0.1, 0.15) is 40.6 Å². The molecule has 1 unspecified atom stereocenters. The number of rotatable bonds is 5. The zero-order valence-corrected chi connectivity index (χ0v) is 14.5. The van der Waals surface area contributed by atoms with Crippen LogP contribution >= 0.6 is 23.2 Å². The molecular formula is C15H16Cl2OTe. The van der Waals surface area contributed by atoms with E-state index in [0.717, 1.165) is 33.4 Å². The fourth-order valence-electron chi connectivity index (χ4n) is 2.03. The second-order valence-electron chi connectivity index (χ2n) is 4.44. The Balaban J connectivity index is 2.37. The van der Waals surface area contributed by atoms with Crippen LogP contribution in [0.5, 0.6) is 0 Å². The molecule has 1 heterocycles. The van der Waals surface area contributed by atoms with E-state index in [2.05, 4.69) is 6.92 Å². The molecule has 2 rings (SSSR count). The second-order valence-corrected chi connectivity index (χ2v) is 9.06. The summed E-state index contributed by atoms with van der Waals surface area (Å²) in [6.07, 6.45) is 2.62. The summed E-state index contributed by atoms with van der Waals surface area (Å²) < 4.78 is 2.08. The van der Waals surface area contributed by atoms with Crippen molar-refractivity contribution in [2.45, 2.75) is 32.3 Å². The third-order valence-corrected chi connectivity index (χ3v) is 7.62. The van der Waals surface area contributed by atoms with E-state index >= 15 is 0 Å². The minimum absolute atomic E-state index is 0.564. The Morgan fingerprint density at radius 3 is 2.53 bits per heavy atom. The zero-order chi connectivity index (χ0) is 13.8. The number of benzene rings is 1. The van der Waals surface area contributed by atoms with Gasteiger partial charge in [0.15, 0.2) is 0 Å². The molecule has 0 spiro atoms. The van der Waals surface area contributed by atoms with Crippen LogP contribution in [0.3, 0.4) is 0 Å². The van der Waals surface area contributed by atoms with Gasteiger partial charge in [0.05, 0.1) is 0 Å². The third kappa shape index (κ3) is 3.57. The number of aryl methyl sites for hydroxylation is 1. The van der Waals surface area contributed by atoms with E-state index in [1.165, 1.54) is 3.58 Å². The third-order valence-electron chi connectivity index (χ3n) is 3.07. The average molecular weight is 411 g/mol. The van der Waals surface area contributed by atoms with E-state index in [9.17, 15) is 5.11 Å². The first kappa shape index (κ1) is 15.4. The number of unbranched alkanes of at least 4 members (excludes halogenated alkanes) is 1. The first-order chi connectivity index (χ1) is 9.15. The van der Waals surface area contributed by atoms with Gasteiger partial charge in [0.25, 0.3) is 0 Å². The van der Waals surface area contributed by atoms with Crippen molar-refractivity contribution in [2.24, 2.45) is 0 Å². The van der Waals surface area contributed by atoms with Crippen molar-refractivity contribution in [3.8, 4) is 0 Å². The van der Waals surface area contributed by atoms with E-state index in [4.69, 9.17) is 23.2 Å². The van der Waals surface area contributed by atoms with Crippen molar-refractivity contribution in [1.82, 2.24) is 0 Å². The topological polar surface area (TPSA) is 20.2 Å². The van der Waals surface area contributed by atoms with E-state index in [1.54, 1.807) is 0 Å². The van der Waals surface area contributed by atoms with Crippen molar-refractivity contribution < 1.29 is 5.11 Å². The van der Waals surface area contributed by atoms with Gasteiger partial charge in [-0.25, -0.2) is 0 Å². The summed E-state index contributed by atoms with van der Waals surface area (Å²) in [4.78, 5) is 0. The summed E-state index contributed by atoms with van der Waals surface area (Å²) >= 11 is 12.0. The first-order valence-corrected chi connectivity index (χ1v) is 9.43. The molecule has 2 aromatic rings. The molecule has 0 aliphatic heterocycles. The molecule has 0 radical (unpaired) electrons. The Hall–Kier alpha value is 0.0296. The summed E-state index contributed by atoms with van der Waals surface area (Å²) in [6.45, 7) is 2.17. The van der Waals surface area contributed by atoms with Crippen LogP contribution in [0.2, 0.25) is 8.06 Å². The van der Waals surface area contributed by atoms with Gasteiger partial charge >= 0.3 is 134 Å². The van der Waals surface area contributed by atoms with Gasteiger partial charge in [-0.3, -0.25) is 0 Å². The maximum atomic E-state index is 10.6. The van der Waals surface area contributed by atoms with Crippen LogP contribution in [-0.4, -0.2) is 25.5 Å². The van der Waals surface area contributed by atoms with Crippen molar-refractivity contribution in [3.63, 3.8) is 0 Å². The van der Waals surface area contributed by atoms with Crippen LogP contribution in [0, 0.1) is 0 Å². The van der Waals surface area contributed by atoms with E-state index < -0.39 is 26.5 Å². The molecule has 0 aliphatic carbocycles. The van der Waals surface area contributed by atoms with Gasteiger partial charge in [-0.2, -0.15) is 0 Å². The van der Waals surface area contributed by atoms with Gasteiger partial charge in [-0.15, -0.1) is 0 Å². The minimum atomic E-state index is -0.651. The van der Waals surface area contributed by atoms with Crippen molar-refractivity contribution in [1.29, 1.82) is 0 Å². The molecule has 1 N–H and O–H groups in total. The second kappa shape index (κ2) is 7.16. The average Bonchev–Trinajstić information content (AvgIpc) is 2.72. The molecule has 1 aromatic carbocycles. The number of hydrogen-bond donors (Lipinski definition) is 1. The number of aliphatic hydroxyl groups excluding tert-OH is 1. The SMILES string of the molecule is CCCCc1[te]c(Cl)c(Cl)c1C(O)c1ccccc1. The van der Waals surface area contributed by atoms with E-state index in [0.29, 0.717) is 5.02 Å². The van der Waals surface area contributed by atoms with Gasteiger partial charge in [0.1, 0.15) is 0 Å². The Labute approximate surface area is 133 Å². The van der Waals surface area contributed by atoms with Gasteiger partial charge < -0.3 is 0 Å². The molecule has 19 heavy (non-hydrogen) atoms. The molecular weight excluding hydrogens is 395 g/mol. The summed E-state index contributed by atoms with van der Waals surface area (Å²) in [6, 6.07) is 9.64. The fourth-order valence-corrected chi connectivity index (χ4v) is 6.23. The summed E-state index contributed by atoms with van der Waals surface area (Å²) in [5.74, 6) is 0. The first-order valence-electron chi connectivity index (χ1n) is 6.34. The predicted octanol–water partition coefficient (Wildman–Crippen LogP) is 4.47. The van der Waals surface area contributed by atoms with Crippen molar-refractivity contribution in [2.75, 3.05) is 0 Å². The van der Waals surface area contributed by atoms with E-state index in [-0.39, 0.29) is 0 Å². The molecule has 0 fully saturated rings. The Morgan fingerprint density at radius 2 is 1.89 bits per heavy atom. The summed E-state index contributed by atoms with van der Waals surface area (Å²) in [5, 5.41) is 11.2. The Bertz CT molecular complexity index is 537. The Morgan fingerprint density at radius 1 is 1.21 bits per heavy atom. The summed E-state index contributed by atoms with van der Waals surface area (Å²) in [5.41, 5.74) is 1.75. The predicted molar refractivity (Wildman–Crippen MR) is 82.5 cm³/mol. The van der Waals surface area contributed by atoms with E-state index in [1.807, 2.05) is 30.3 Å². The molecule has 0 amide bonds. The summed E-state index contributed by atoms with van der Waals surface area (Å²) in [7, 11) is 0. The monoisotopic (exact) mass is 412 g/mol. The maximum absolute atomic E-state index is 10.6. The van der Waals surface area contributed by atoms with Crippen LogP contribution in [-0.2, 0) is 6.42 Å². The molecule has 0 aliphatic rings. The molecule has 1 aromatic heterocycles.